The molecule has 22 heavy (non-hydrogen) atoms. The number of phenolic OH excluding ortho intramolecular Hbond substituents is 2. The van der Waals surface area contributed by atoms with Crippen molar-refractivity contribution in [3.8, 4) is 11.5 Å². The van der Waals surface area contributed by atoms with E-state index in [1.807, 2.05) is 39.8 Å². The molecule has 1 heterocycles. The first-order valence-electron chi connectivity index (χ1n) is 7.40. The Hall–Kier alpha value is -2.17. The van der Waals surface area contributed by atoms with Gasteiger partial charge < -0.3 is 14.9 Å². The van der Waals surface area contributed by atoms with Crippen LogP contribution in [-0.2, 0) is 11.2 Å². The highest BCUT2D eigenvalue weighted by atomic mass is 16.6. The molecular weight excluding hydrogens is 282 g/mol. The summed E-state index contributed by atoms with van der Waals surface area (Å²) in [7, 11) is 0. The van der Waals surface area contributed by atoms with Crippen LogP contribution in [0.25, 0.3) is 0 Å². The van der Waals surface area contributed by atoms with Crippen LogP contribution >= 0.6 is 0 Å². The molecule has 0 aromatic heterocycles. The lowest BCUT2D eigenvalue weighted by molar-refractivity contribution is 0.0183. The Morgan fingerprint density at radius 1 is 1.36 bits per heavy atom. The van der Waals surface area contributed by atoms with E-state index >= 15 is 0 Å². The Balaban J connectivity index is 2.41. The second-order valence-electron chi connectivity index (χ2n) is 6.43. The summed E-state index contributed by atoms with van der Waals surface area (Å²) in [6.45, 7) is 7.80. The van der Waals surface area contributed by atoms with Crippen molar-refractivity contribution in [2.45, 2.75) is 45.8 Å². The number of nitrogens with zero attached hydrogens (tertiary/aromatic N) is 1. The van der Waals surface area contributed by atoms with E-state index in [0.717, 1.165) is 5.56 Å². The molecule has 2 rings (SSSR count). The number of carbonyl (C=O) groups excluding carboxylic acids is 1. The Labute approximate surface area is 130 Å². The van der Waals surface area contributed by atoms with Crippen LogP contribution in [0.5, 0.6) is 11.5 Å². The SMILES string of the molecule is C/C=C/[C@H]1c2c(O)cc(O)cc2CCN1C(=O)OC(C)(C)C. The molecule has 0 saturated heterocycles. The van der Waals surface area contributed by atoms with E-state index in [1.54, 1.807) is 11.0 Å². The Morgan fingerprint density at radius 2 is 2.05 bits per heavy atom. The molecule has 1 aliphatic rings. The van der Waals surface area contributed by atoms with E-state index in [4.69, 9.17) is 4.74 Å². The normalized spacial score (nSPS) is 18.4. The first-order chi connectivity index (χ1) is 10.2. The highest BCUT2D eigenvalue weighted by molar-refractivity contribution is 5.70. The Bertz CT molecular complexity index is 601. The number of amides is 1. The molecule has 120 valence electrons. The molecular formula is C17H23NO4. The first-order valence-corrected chi connectivity index (χ1v) is 7.40. The summed E-state index contributed by atoms with van der Waals surface area (Å²) >= 11 is 0. The van der Waals surface area contributed by atoms with Gasteiger partial charge in [-0.2, -0.15) is 0 Å². The quantitative estimate of drug-likeness (QED) is 0.779. The number of benzene rings is 1. The molecule has 5 heteroatoms. The van der Waals surface area contributed by atoms with E-state index in [9.17, 15) is 15.0 Å². The standard InChI is InChI=1S/C17H23NO4/c1-5-6-13-15-11(9-12(19)10-14(15)20)7-8-18(13)16(21)22-17(2,3)4/h5-6,9-10,13,19-20H,7-8H2,1-4H3/b6-5+/t13-/m0/s1. The van der Waals surface area contributed by atoms with E-state index in [2.05, 4.69) is 0 Å². The van der Waals surface area contributed by atoms with Crippen LogP contribution in [-0.4, -0.2) is 33.4 Å². The number of hydrogen-bond acceptors (Lipinski definition) is 4. The van der Waals surface area contributed by atoms with Crippen molar-refractivity contribution in [2.24, 2.45) is 0 Å². The van der Waals surface area contributed by atoms with Crippen LogP contribution < -0.4 is 0 Å². The van der Waals surface area contributed by atoms with E-state index < -0.39 is 17.7 Å². The third-order valence-corrected chi connectivity index (χ3v) is 3.48. The van der Waals surface area contributed by atoms with Gasteiger partial charge in [0, 0.05) is 18.2 Å². The van der Waals surface area contributed by atoms with Crippen LogP contribution in [0.1, 0.15) is 44.9 Å². The zero-order valence-electron chi connectivity index (χ0n) is 13.5. The lowest BCUT2D eigenvalue weighted by Crippen LogP contribution is -2.42. The van der Waals surface area contributed by atoms with Gasteiger partial charge in [0.15, 0.2) is 0 Å². The van der Waals surface area contributed by atoms with Gasteiger partial charge in [-0.05, 0) is 45.7 Å². The fraction of sp³-hybridized carbons (Fsp3) is 0.471. The maximum atomic E-state index is 12.4. The molecule has 0 fully saturated rings. The second kappa shape index (κ2) is 5.91. The third kappa shape index (κ3) is 3.35. The van der Waals surface area contributed by atoms with Crippen molar-refractivity contribution in [3.05, 3.63) is 35.4 Å². The van der Waals surface area contributed by atoms with E-state index in [1.165, 1.54) is 6.07 Å². The van der Waals surface area contributed by atoms with Gasteiger partial charge in [0.1, 0.15) is 17.1 Å². The van der Waals surface area contributed by atoms with Crippen molar-refractivity contribution in [1.29, 1.82) is 0 Å². The molecule has 0 unspecified atom stereocenters. The number of aromatic hydroxyl groups is 2. The number of rotatable bonds is 1. The van der Waals surface area contributed by atoms with Crippen molar-refractivity contribution in [2.75, 3.05) is 6.54 Å². The number of fused-ring (bicyclic) bond motifs is 1. The molecule has 2 N–H and O–H groups in total. The summed E-state index contributed by atoms with van der Waals surface area (Å²) in [5, 5.41) is 19.8. The molecule has 0 saturated carbocycles. The van der Waals surface area contributed by atoms with Crippen LogP contribution in [0, 0.1) is 0 Å². The van der Waals surface area contributed by atoms with Gasteiger partial charge in [-0.25, -0.2) is 4.79 Å². The zero-order chi connectivity index (χ0) is 16.5. The predicted octanol–water partition coefficient (Wildman–Crippen LogP) is 3.51. The molecule has 0 radical (unpaired) electrons. The highest BCUT2D eigenvalue weighted by Gasteiger charge is 2.34. The minimum absolute atomic E-state index is 0.00800. The summed E-state index contributed by atoms with van der Waals surface area (Å²) < 4.78 is 5.45. The average Bonchev–Trinajstić information content (AvgIpc) is 2.36. The molecule has 1 atom stereocenters. The molecule has 0 aliphatic carbocycles. The number of ether oxygens (including phenoxy) is 1. The summed E-state index contributed by atoms with van der Waals surface area (Å²) in [6, 6.07) is 2.54. The largest absolute Gasteiger partial charge is 0.508 e. The highest BCUT2D eigenvalue weighted by Crippen LogP contribution is 2.39. The number of allylic oxidation sites excluding steroid dienone is 1. The lowest BCUT2D eigenvalue weighted by atomic mass is 9.91. The molecule has 1 aliphatic heterocycles. The topological polar surface area (TPSA) is 70.0 Å². The van der Waals surface area contributed by atoms with Crippen LogP contribution in [0.15, 0.2) is 24.3 Å². The second-order valence-corrected chi connectivity index (χ2v) is 6.43. The Morgan fingerprint density at radius 3 is 2.64 bits per heavy atom. The number of carbonyl (C=O) groups is 1. The zero-order valence-corrected chi connectivity index (χ0v) is 13.5. The predicted molar refractivity (Wildman–Crippen MR) is 84.0 cm³/mol. The van der Waals surface area contributed by atoms with Crippen molar-refractivity contribution in [3.63, 3.8) is 0 Å². The smallest absolute Gasteiger partial charge is 0.411 e. The maximum Gasteiger partial charge on any atom is 0.411 e. The number of phenols is 2. The minimum Gasteiger partial charge on any atom is -0.508 e. The van der Waals surface area contributed by atoms with Gasteiger partial charge in [-0.1, -0.05) is 12.2 Å². The molecule has 5 nitrogen and oxygen atoms in total. The van der Waals surface area contributed by atoms with Crippen molar-refractivity contribution in [1.82, 2.24) is 4.90 Å². The minimum atomic E-state index is -0.575. The van der Waals surface area contributed by atoms with Gasteiger partial charge in [-0.3, -0.25) is 4.90 Å². The van der Waals surface area contributed by atoms with Crippen LogP contribution in [0.2, 0.25) is 0 Å². The average molecular weight is 305 g/mol. The summed E-state index contributed by atoms with van der Waals surface area (Å²) in [5.41, 5.74) is 0.919. The first kappa shape index (κ1) is 16.2. The molecule has 1 aromatic rings. The van der Waals surface area contributed by atoms with E-state index in [0.29, 0.717) is 18.5 Å². The maximum absolute atomic E-state index is 12.4. The molecule has 1 aromatic carbocycles. The van der Waals surface area contributed by atoms with Gasteiger partial charge >= 0.3 is 6.09 Å². The van der Waals surface area contributed by atoms with Crippen LogP contribution in [0.3, 0.4) is 0 Å². The lowest BCUT2D eigenvalue weighted by Gasteiger charge is -2.37. The molecule has 1 amide bonds. The van der Waals surface area contributed by atoms with Gasteiger partial charge in [-0.15, -0.1) is 0 Å². The van der Waals surface area contributed by atoms with Gasteiger partial charge in [0.2, 0.25) is 0 Å². The van der Waals surface area contributed by atoms with Gasteiger partial charge in [0.05, 0.1) is 6.04 Å². The summed E-state index contributed by atoms with van der Waals surface area (Å²) in [4.78, 5) is 14.0. The monoisotopic (exact) mass is 305 g/mol. The summed E-state index contributed by atoms with van der Waals surface area (Å²) in [5.74, 6) is 0.0209. The van der Waals surface area contributed by atoms with Gasteiger partial charge in [0.25, 0.3) is 0 Å². The van der Waals surface area contributed by atoms with Crippen molar-refractivity contribution >= 4 is 6.09 Å². The fourth-order valence-electron chi connectivity index (χ4n) is 2.67. The fourth-order valence-corrected chi connectivity index (χ4v) is 2.67. The van der Waals surface area contributed by atoms with Crippen molar-refractivity contribution < 1.29 is 19.7 Å². The number of hydrogen-bond donors (Lipinski definition) is 2. The molecule has 0 spiro atoms. The van der Waals surface area contributed by atoms with E-state index in [-0.39, 0.29) is 11.5 Å². The Kier molecular flexibility index (Phi) is 4.35. The third-order valence-electron chi connectivity index (χ3n) is 3.48. The molecule has 0 bridgehead atoms. The van der Waals surface area contributed by atoms with Crippen LogP contribution in [0.4, 0.5) is 4.79 Å². The summed E-state index contributed by atoms with van der Waals surface area (Å²) in [6.07, 6.45) is 3.83.